The van der Waals surface area contributed by atoms with Gasteiger partial charge in [-0.3, -0.25) is 14.6 Å². The lowest BCUT2D eigenvalue weighted by Crippen LogP contribution is -2.32. The first-order chi connectivity index (χ1) is 13.4. The summed E-state index contributed by atoms with van der Waals surface area (Å²) in [6.45, 7) is 2.32. The topological polar surface area (TPSA) is 104 Å². The molecule has 28 heavy (non-hydrogen) atoms. The van der Waals surface area contributed by atoms with Crippen molar-refractivity contribution in [1.82, 2.24) is 14.9 Å². The van der Waals surface area contributed by atoms with E-state index >= 15 is 0 Å². The van der Waals surface area contributed by atoms with E-state index in [0.717, 1.165) is 24.2 Å². The quantitative estimate of drug-likeness (QED) is 0.785. The van der Waals surface area contributed by atoms with Crippen LogP contribution in [0.3, 0.4) is 0 Å². The van der Waals surface area contributed by atoms with E-state index in [4.69, 9.17) is 9.47 Å². The summed E-state index contributed by atoms with van der Waals surface area (Å²) in [5.41, 5.74) is 0.867. The summed E-state index contributed by atoms with van der Waals surface area (Å²) in [5.74, 6) is 1.40. The van der Waals surface area contributed by atoms with Crippen LogP contribution in [-0.4, -0.2) is 41.5 Å². The lowest BCUT2D eigenvalue weighted by Gasteiger charge is -2.27. The number of H-pyrrole nitrogens is 2. The largest absolute Gasteiger partial charge is 0.497 e. The van der Waals surface area contributed by atoms with Crippen LogP contribution in [0.5, 0.6) is 11.5 Å². The number of aromatic amines is 2. The second-order valence-electron chi connectivity index (χ2n) is 6.86. The van der Waals surface area contributed by atoms with E-state index in [9.17, 15) is 14.4 Å². The molecule has 8 nitrogen and oxygen atoms in total. The number of nitrogens with one attached hydrogen (secondary N) is 2. The van der Waals surface area contributed by atoms with E-state index in [0.29, 0.717) is 23.6 Å². The van der Waals surface area contributed by atoms with Gasteiger partial charge in [-0.2, -0.15) is 0 Å². The van der Waals surface area contributed by atoms with Crippen LogP contribution in [0.4, 0.5) is 0 Å². The van der Waals surface area contributed by atoms with Crippen LogP contribution in [0.2, 0.25) is 0 Å². The molecule has 1 aliphatic heterocycles. The van der Waals surface area contributed by atoms with Gasteiger partial charge in [0.1, 0.15) is 11.5 Å². The van der Waals surface area contributed by atoms with Crippen molar-refractivity contribution in [2.24, 2.45) is 0 Å². The van der Waals surface area contributed by atoms with E-state index in [1.807, 2.05) is 23.1 Å². The molecular formula is C20H25N3O5. The van der Waals surface area contributed by atoms with E-state index in [-0.39, 0.29) is 24.8 Å². The third-order valence-corrected chi connectivity index (χ3v) is 5.21. The van der Waals surface area contributed by atoms with Gasteiger partial charge in [-0.1, -0.05) is 0 Å². The van der Waals surface area contributed by atoms with Gasteiger partial charge in [0.15, 0.2) is 0 Å². The number of aromatic nitrogens is 2. The molecule has 1 aromatic heterocycles. The highest BCUT2D eigenvalue weighted by molar-refractivity contribution is 5.77. The third-order valence-electron chi connectivity index (χ3n) is 5.21. The summed E-state index contributed by atoms with van der Waals surface area (Å²) in [5, 5.41) is 0. The smallest absolute Gasteiger partial charge is 0.325 e. The number of carbonyl (C=O) groups is 1. The van der Waals surface area contributed by atoms with Crippen molar-refractivity contribution in [3.63, 3.8) is 0 Å². The number of methoxy groups -OCH3 is 2. The van der Waals surface area contributed by atoms with Gasteiger partial charge in [0.2, 0.25) is 5.91 Å². The summed E-state index contributed by atoms with van der Waals surface area (Å²) in [6, 6.07) is 5.49. The Kier molecular flexibility index (Phi) is 5.87. The molecule has 3 rings (SSSR count). The first kappa shape index (κ1) is 19.7. The van der Waals surface area contributed by atoms with Crippen molar-refractivity contribution in [3.8, 4) is 11.5 Å². The van der Waals surface area contributed by atoms with Crippen molar-refractivity contribution < 1.29 is 14.3 Å². The van der Waals surface area contributed by atoms with Gasteiger partial charge in [-0.05, 0) is 44.4 Å². The third kappa shape index (κ3) is 3.95. The fourth-order valence-electron chi connectivity index (χ4n) is 3.79. The van der Waals surface area contributed by atoms with E-state index in [1.165, 1.54) is 0 Å². The molecule has 0 radical (unpaired) electrons. The fraction of sp³-hybridized carbons (Fsp3) is 0.450. The highest BCUT2D eigenvalue weighted by Crippen LogP contribution is 2.39. The number of aryl methyl sites for hydroxylation is 1. The Bertz CT molecular complexity index is 979. The Balaban J connectivity index is 1.79. The molecule has 2 aromatic rings. The molecule has 0 bridgehead atoms. The van der Waals surface area contributed by atoms with Gasteiger partial charge < -0.3 is 19.4 Å². The van der Waals surface area contributed by atoms with Gasteiger partial charge in [-0.25, -0.2) is 4.79 Å². The van der Waals surface area contributed by atoms with Crippen LogP contribution in [0, 0.1) is 6.92 Å². The molecule has 0 spiro atoms. The van der Waals surface area contributed by atoms with Gasteiger partial charge in [0.25, 0.3) is 5.56 Å². The van der Waals surface area contributed by atoms with E-state index in [2.05, 4.69) is 9.97 Å². The number of hydrogen-bond acceptors (Lipinski definition) is 5. The Hall–Kier alpha value is -3.03. The Labute approximate surface area is 162 Å². The summed E-state index contributed by atoms with van der Waals surface area (Å²) in [4.78, 5) is 42.9. The molecule has 0 saturated carbocycles. The molecule has 1 atom stereocenters. The molecule has 1 unspecified atom stereocenters. The molecule has 0 aliphatic carbocycles. The molecule has 1 amide bonds. The Morgan fingerprint density at radius 2 is 2.00 bits per heavy atom. The predicted molar refractivity (Wildman–Crippen MR) is 104 cm³/mol. The van der Waals surface area contributed by atoms with Gasteiger partial charge in [0, 0.05) is 29.8 Å². The summed E-state index contributed by atoms with van der Waals surface area (Å²) < 4.78 is 10.8. The molecule has 150 valence electrons. The maximum Gasteiger partial charge on any atom is 0.325 e. The zero-order valence-electron chi connectivity index (χ0n) is 16.3. The SMILES string of the molecule is COc1ccc(OC)c(C2CCCN2C(=O)CCc2c(C)[nH]c(=O)[nH]c2=O)c1. The summed E-state index contributed by atoms with van der Waals surface area (Å²) in [6.07, 6.45) is 2.20. The maximum absolute atomic E-state index is 12.9. The zero-order valence-corrected chi connectivity index (χ0v) is 16.3. The molecule has 1 aliphatic rings. The van der Waals surface area contributed by atoms with Crippen LogP contribution < -0.4 is 20.7 Å². The Morgan fingerprint density at radius 3 is 2.68 bits per heavy atom. The monoisotopic (exact) mass is 387 g/mol. The van der Waals surface area contributed by atoms with Crippen LogP contribution >= 0.6 is 0 Å². The molecule has 2 heterocycles. The highest BCUT2D eigenvalue weighted by atomic mass is 16.5. The lowest BCUT2D eigenvalue weighted by atomic mass is 10.0. The number of likely N-dealkylation sites (tertiary alicyclic amines) is 1. The average Bonchev–Trinajstić information content (AvgIpc) is 3.16. The van der Waals surface area contributed by atoms with Crippen molar-refractivity contribution in [1.29, 1.82) is 0 Å². The minimum absolute atomic E-state index is 0.0302. The molecule has 1 fully saturated rings. The number of rotatable bonds is 6. The second kappa shape index (κ2) is 8.33. The first-order valence-electron chi connectivity index (χ1n) is 9.28. The Morgan fingerprint density at radius 1 is 1.21 bits per heavy atom. The van der Waals surface area contributed by atoms with Crippen molar-refractivity contribution in [2.75, 3.05) is 20.8 Å². The predicted octanol–water partition coefficient (Wildman–Crippen LogP) is 1.69. The molecule has 2 N–H and O–H groups in total. The average molecular weight is 387 g/mol. The number of benzene rings is 1. The number of ether oxygens (including phenoxy) is 2. The van der Waals surface area contributed by atoms with Crippen LogP contribution in [0.1, 0.15) is 42.1 Å². The standard InChI is InChI=1S/C20H25N3O5/c1-12-14(19(25)22-20(26)21-12)7-9-18(24)23-10-4-5-16(23)15-11-13(27-2)6-8-17(15)28-3/h6,8,11,16H,4-5,7,9-10H2,1-3H3,(H2,21,22,25,26). The minimum Gasteiger partial charge on any atom is -0.497 e. The number of amides is 1. The van der Waals surface area contributed by atoms with Crippen LogP contribution in [0.25, 0.3) is 0 Å². The van der Waals surface area contributed by atoms with Crippen LogP contribution in [-0.2, 0) is 11.2 Å². The molecule has 8 heteroatoms. The normalized spacial score (nSPS) is 16.2. The maximum atomic E-state index is 12.9. The zero-order chi connectivity index (χ0) is 20.3. The van der Waals surface area contributed by atoms with E-state index in [1.54, 1.807) is 21.1 Å². The number of nitrogens with zero attached hydrogens (tertiary/aromatic N) is 1. The minimum atomic E-state index is -0.540. The molecule has 1 aromatic carbocycles. The lowest BCUT2D eigenvalue weighted by molar-refractivity contribution is -0.132. The van der Waals surface area contributed by atoms with Gasteiger partial charge in [-0.15, -0.1) is 0 Å². The van der Waals surface area contributed by atoms with E-state index < -0.39 is 11.2 Å². The molecule has 1 saturated heterocycles. The van der Waals surface area contributed by atoms with Crippen molar-refractivity contribution >= 4 is 5.91 Å². The van der Waals surface area contributed by atoms with Gasteiger partial charge in [0.05, 0.1) is 20.3 Å². The second-order valence-corrected chi connectivity index (χ2v) is 6.86. The van der Waals surface area contributed by atoms with Crippen molar-refractivity contribution in [3.05, 3.63) is 55.9 Å². The van der Waals surface area contributed by atoms with Crippen LogP contribution in [0.15, 0.2) is 27.8 Å². The van der Waals surface area contributed by atoms with Gasteiger partial charge >= 0.3 is 5.69 Å². The number of carbonyl (C=O) groups excluding carboxylic acids is 1. The highest BCUT2D eigenvalue weighted by Gasteiger charge is 2.32. The van der Waals surface area contributed by atoms with Crippen molar-refractivity contribution in [2.45, 2.75) is 38.6 Å². The fourth-order valence-corrected chi connectivity index (χ4v) is 3.79. The first-order valence-corrected chi connectivity index (χ1v) is 9.28. The molecular weight excluding hydrogens is 362 g/mol. The summed E-state index contributed by atoms with van der Waals surface area (Å²) in [7, 11) is 3.21. The number of hydrogen-bond donors (Lipinski definition) is 2. The summed E-state index contributed by atoms with van der Waals surface area (Å²) >= 11 is 0.